The molecule has 0 radical (unpaired) electrons. The van der Waals surface area contributed by atoms with Gasteiger partial charge < -0.3 is 10.1 Å². The molecular formula is C18H20N2O2S. The Balaban J connectivity index is 2.02. The molecule has 0 aromatic heterocycles. The van der Waals surface area contributed by atoms with Gasteiger partial charge >= 0.3 is 0 Å². The summed E-state index contributed by atoms with van der Waals surface area (Å²) in [6.07, 6.45) is 0.856. The SMILES string of the molecule is CCC(NC(=S)NC(=O)c1ccccc1OC)c1ccccc1. The van der Waals surface area contributed by atoms with Crippen molar-refractivity contribution in [2.75, 3.05) is 7.11 Å². The van der Waals surface area contributed by atoms with Crippen LogP contribution in [0.3, 0.4) is 0 Å². The van der Waals surface area contributed by atoms with E-state index in [4.69, 9.17) is 17.0 Å². The van der Waals surface area contributed by atoms with Gasteiger partial charge in [0.2, 0.25) is 0 Å². The van der Waals surface area contributed by atoms with Crippen LogP contribution in [0.4, 0.5) is 0 Å². The Morgan fingerprint density at radius 1 is 1.13 bits per heavy atom. The third-order valence-electron chi connectivity index (χ3n) is 3.49. The lowest BCUT2D eigenvalue weighted by molar-refractivity contribution is 0.0973. The van der Waals surface area contributed by atoms with Crippen molar-refractivity contribution < 1.29 is 9.53 Å². The van der Waals surface area contributed by atoms with E-state index in [1.165, 1.54) is 7.11 Å². The summed E-state index contributed by atoms with van der Waals surface area (Å²) in [6, 6.07) is 17.1. The van der Waals surface area contributed by atoms with E-state index in [0.717, 1.165) is 12.0 Å². The standard InChI is InChI=1S/C18H20N2O2S/c1-3-15(13-9-5-4-6-10-13)19-18(23)20-17(21)14-11-7-8-12-16(14)22-2/h4-12,15H,3H2,1-2H3,(H2,19,20,21,23). The van der Waals surface area contributed by atoms with Gasteiger partial charge in [-0.15, -0.1) is 0 Å². The van der Waals surface area contributed by atoms with Gasteiger partial charge in [0.1, 0.15) is 5.75 Å². The van der Waals surface area contributed by atoms with Crippen LogP contribution in [0.25, 0.3) is 0 Å². The zero-order valence-electron chi connectivity index (χ0n) is 13.2. The maximum Gasteiger partial charge on any atom is 0.261 e. The number of hydrogen-bond donors (Lipinski definition) is 2. The van der Waals surface area contributed by atoms with Crippen LogP contribution in [0.5, 0.6) is 5.75 Å². The van der Waals surface area contributed by atoms with Crippen molar-refractivity contribution in [3.63, 3.8) is 0 Å². The van der Waals surface area contributed by atoms with Crippen molar-refractivity contribution in [1.82, 2.24) is 10.6 Å². The number of methoxy groups -OCH3 is 1. The van der Waals surface area contributed by atoms with Crippen LogP contribution in [-0.4, -0.2) is 18.1 Å². The van der Waals surface area contributed by atoms with E-state index in [0.29, 0.717) is 16.4 Å². The van der Waals surface area contributed by atoms with Gasteiger partial charge in [-0.1, -0.05) is 49.4 Å². The quantitative estimate of drug-likeness (QED) is 0.826. The fourth-order valence-corrected chi connectivity index (χ4v) is 2.54. The van der Waals surface area contributed by atoms with Crippen LogP contribution >= 0.6 is 12.2 Å². The largest absolute Gasteiger partial charge is 0.496 e. The van der Waals surface area contributed by atoms with E-state index >= 15 is 0 Å². The summed E-state index contributed by atoms with van der Waals surface area (Å²) in [5, 5.41) is 6.19. The van der Waals surface area contributed by atoms with Crippen molar-refractivity contribution >= 4 is 23.2 Å². The fourth-order valence-electron chi connectivity index (χ4n) is 2.30. The predicted octanol–water partition coefficient (Wildman–Crippen LogP) is 3.45. The number of carbonyl (C=O) groups is 1. The summed E-state index contributed by atoms with van der Waals surface area (Å²) in [5.41, 5.74) is 1.58. The summed E-state index contributed by atoms with van der Waals surface area (Å²) in [5.74, 6) is 0.228. The number of carbonyl (C=O) groups excluding carboxylic acids is 1. The lowest BCUT2D eigenvalue weighted by Gasteiger charge is -2.19. The average molecular weight is 328 g/mol. The van der Waals surface area contributed by atoms with Gasteiger partial charge in [0.25, 0.3) is 5.91 Å². The molecule has 1 amide bonds. The molecule has 4 nitrogen and oxygen atoms in total. The third-order valence-corrected chi connectivity index (χ3v) is 3.71. The monoisotopic (exact) mass is 328 g/mol. The molecule has 2 N–H and O–H groups in total. The maximum atomic E-state index is 12.3. The highest BCUT2D eigenvalue weighted by molar-refractivity contribution is 7.80. The van der Waals surface area contributed by atoms with Crippen LogP contribution in [0.15, 0.2) is 54.6 Å². The molecule has 0 spiro atoms. The molecule has 23 heavy (non-hydrogen) atoms. The fraction of sp³-hybridized carbons (Fsp3) is 0.222. The van der Waals surface area contributed by atoms with Gasteiger partial charge in [-0.3, -0.25) is 10.1 Å². The first-order chi connectivity index (χ1) is 11.2. The molecular weight excluding hydrogens is 308 g/mol. The second kappa shape index (κ2) is 8.29. The molecule has 1 unspecified atom stereocenters. The number of amides is 1. The summed E-state index contributed by atoms with van der Waals surface area (Å²) < 4.78 is 5.20. The van der Waals surface area contributed by atoms with E-state index in [1.807, 2.05) is 36.4 Å². The second-order valence-corrected chi connectivity index (χ2v) is 5.41. The molecule has 0 aliphatic rings. The molecule has 0 saturated carbocycles. The minimum Gasteiger partial charge on any atom is -0.496 e. The smallest absolute Gasteiger partial charge is 0.261 e. The Hall–Kier alpha value is -2.40. The number of thiocarbonyl (C=S) groups is 1. The van der Waals surface area contributed by atoms with E-state index in [2.05, 4.69) is 17.6 Å². The number of nitrogens with one attached hydrogen (secondary N) is 2. The molecule has 0 aliphatic carbocycles. The number of hydrogen-bond acceptors (Lipinski definition) is 3. The second-order valence-electron chi connectivity index (χ2n) is 5.00. The topological polar surface area (TPSA) is 50.4 Å². The first kappa shape index (κ1) is 17.0. The minimum atomic E-state index is -0.289. The van der Waals surface area contributed by atoms with E-state index < -0.39 is 0 Å². The summed E-state index contributed by atoms with van der Waals surface area (Å²) >= 11 is 5.27. The van der Waals surface area contributed by atoms with E-state index in [1.54, 1.807) is 18.2 Å². The number of para-hydroxylation sites is 1. The van der Waals surface area contributed by atoms with Crippen molar-refractivity contribution in [2.45, 2.75) is 19.4 Å². The van der Waals surface area contributed by atoms with Gasteiger partial charge in [0, 0.05) is 0 Å². The zero-order chi connectivity index (χ0) is 16.7. The molecule has 0 saturated heterocycles. The van der Waals surface area contributed by atoms with Crippen molar-refractivity contribution in [3.8, 4) is 5.75 Å². The molecule has 0 aliphatic heterocycles. The Bertz CT molecular complexity index is 674. The molecule has 5 heteroatoms. The molecule has 120 valence electrons. The van der Waals surface area contributed by atoms with Crippen LogP contribution in [-0.2, 0) is 0 Å². The van der Waals surface area contributed by atoms with Crippen LogP contribution in [0, 0.1) is 0 Å². The Morgan fingerprint density at radius 3 is 2.43 bits per heavy atom. The summed E-state index contributed by atoms with van der Waals surface area (Å²) in [4.78, 5) is 12.3. The summed E-state index contributed by atoms with van der Waals surface area (Å²) in [7, 11) is 1.53. The van der Waals surface area contributed by atoms with Gasteiger partial charge in [-0.25, -0.2) is 0 Å². The minimum absolute atomic E-state index is 0.0571. The van der Waals surface area contributed by atoms with Crippen molar-refractivity contribution in [2.24, 2.45) is 0 Å². The van der Waals surface area contributed by atoms with Crippen LogP contribution in [0.2, 0.25) is 0 Å². The normalized spacial score (nSPS) is 11.4. The first-order valence-electron chi connectivity index (χ1n) is 7.45. The molecule has 2 aromatic carbocycles. The first-order valence-corrected chi connectivity index (χ1v) is 7.86. The highest BCUT2D eigenvalue weighted by atomic mass is 32.1. The molecule has 2 aromatic rings. The molecule has 0 heterocycles. The van der Waals surface area contributed by atoms with E-state index in [9.17, 15) is 4.79 Å². The highest BCUT2D eigenvalue weighted by Crippen LogP contribution is 2.18. The van der Waals surface area contributed by atoms with Gasteiger partial charge in [-0.05, 0) is 36.3 Å². The van der Waals surface area contributed by atoms with Crippen molar-refractivity contribution in [3.05, 3.63) is 65.7 Å². The lowest BCUT2D eigenvalue weighted by atomic mass is 10.1. The van der Waals surface area contributed by atoms with Crippen LogP contribution < -0.4 is 15.4 Å². The summed E-state index contributed by atoms with van der Waals surface area (Å²) in [6.45, 7) is 2.06. The highest BCUT2D eigenvalue weighted by Gasteiger charge is 2.15. The third kappa shape index (κ3) is 4.53. The number of ether oxygens (including phenoxy) is 1. The Labute approximate surface area is 141 Å². The van der Waals surface area contributed by atoms with Gasteiger partial charge in [-0.2, -0.15) is 0 Å². The molecule has 0 bridgehead atoms. The number of rotatable bonds is 5. The molecule has 0 fully saturated rings. The predicted molar refractivity (Wildman–Crippen MR) is 95.7 cm³/mol. The number of benzene rings is 2. The van der Waals surface area contributed by atoms with Gasteiger partial charge in [0.15, 0.2) is 5.11 Å². The molecule has 2 rings (SSSR count). The Morgan fingerprint density at radius 2 is 1.78 bits per heavy atom. The van der Waals surface area contributed by atoms with Gasteiger partial charge in [0.05, 0.1) is 18.7 Å². The van der Waals surface area contributed by atoms with E-state index in [-0.39, 0.29) is 11.9 Å². The molecule has 1 atom stereocenters. The zero-order valence-corrected chi connectivity index (χ0v) is 14.0. The van der Waals surface area contributed by atoms with Crippen LogP contribution in [0.1, 0.15) is 35.3 Å². The lowest BCUT2D eigenvalue weighted by Crippen LogP contribution is -2.41. The average Bonchev–Trinajstić information content (AvgIpc) is 2.60. The van der Waals surface area contributed by atoms with Crippen molar-refractivity contribution in [1.29, 1.82) is 0 Å². The maximum absolute atomic E-state index is 12.3. The Kier molecular flexibility index (Phi) is 6.11.